The Balaban J connectivity index is 2.40. The molecule has 1 heterocycles. The molecule has 0 bridgehead atoms. The predicted molar refractivity (Wildman–Crippen MR) is 106 cm³/mol. The number of carbonyl (C=O) groups is 2. The molecule has 0 amide bonds. The topological polar surface area (TPSA) is 115 Å². The molecule has 8 heteroatoms. The van der Waals surface area contributed by atoms with Gasteiger partial charge >= 0.3 is 11.9 Å². The van der Waals surface area contributed by atoms with Gasteiger partial charge in [-0.25, -0.2) is 9.59 Å². The number of aromatic hydroxyl groups is 2. The molecule has 0 aliphatic carbocycles. The van der Waals surface area contributed by atoms with E-state index in [-0.39, 0.29) is 30.4 Å². The Morgan fingerprint density at radius 2 is 2.00 bits per heavy atom. The number of hydrogen-bond acceptors (Lipinski definition) is 8. The van der Waals surface area contributed by atoms with Crippen molar-refractivity contribution in [1.82, 2.24) is 0 Å². The van der Waals surface area contributed by atoms with E-state index in [1.165, 1.54) is 13.2 Å². The number of nitrogens with zero attached hydrogens (tertiary/aromatic N) is 1. The molecule has 8 nitrogen and oxygen atoms in total. The molecule has 1 aromatic carbocycles. The first-order valence-corrected chi connectivity index (χ1v) is 9.23. The smallest absolute Gasteiger partial charge is 0.346 e. The van der Waals surface area contributed by atoms with Crippen LogP contribution in [0, 0.1) is 0 Å². The lowest BCUT2D eigenvalue weighted by Gasteiger charge is -2.15. The number of hydrogen-bond donors (Lipinski definition) is 2. The van der Waals surface area contributed by atoms with E-state index in [2.05, 4.69) is 9.89 Å². The second-order valence-electron chi connectivity index (χ2n) is 6.51. The minimum absolute atomic E-state index is 0.0512. The molecule has 1 aromatic rings. The van der Waals surface area contributed by atoms with Crippen molar-refractivity contribution in [3.8, 4) is 11.5 Å². The lowest BCUT2D eigenvalue weighted by atomic mass is 9.99. The number of carbonyl (C=O) groups excluding carboxylic acids is 2. The normalized spacial score (nSPS) is 19.2. The second kappa shape index (κ2) is 10.9. The van der Waals surface area contributed by atoms with Gasteiger partial charge in [-0.15, -0.1) is 0 Å². The summed E-state index contributed by atoms with van der Waals surface area (Å²) in [6.07, 6.45) is 9.31. The number of esters is 2. The molecular weight excluding hydrogens is 378 g/mol. The van der Waals surface area contributed by atoms with E-state index < -0.39 is 17.7 Å². The van der Waals surface area contributed by atoms with E-state index >= 15 is 0 Å². The van der Waals surface area contributed by atoms with Crippen LogP contribution in [0.4, 0.5) is 0 Å². The Morgan fingerprint density at radius 1 is 1.24 bits per heavy atom. The maximum absolute atomic E-state index is 12.6. The zero-order valence-electron chi connectivity index (χ0n) is 16.5. The highest BCUT2D eigenvalue weighted by atomic mass is 16.6. The van der Waals surface area contributed by atoms with Crippen molar-refractivity contribution in [2.75, 3.05) is 13.7 Å². The summed E-state index contributed by atoms with van der Waals surface area (Å²) in [7, 11) is 1.24. The molecule has 2 N–H and O–H groups in total. The Morgan fingerprint density at radius 3 is 2.76 bits per heavy atom. The number of oxime groups is 1. The highest BCUT2D eigenvalue weighted by Gasteiger charge is 2.22. The summed E-state index contributed by atoms with van der Waals surface area (Å²) in [6.45, 7) is 1.40. The first kappa shape index (κ1) is 22.0. The summed E-state index contributed by atoms with van der Waals surface area (Å²) in [5.74, 6) is -1.88. The van der Waals surface area contributed by atoms with Crippen molar-refractivity contribution in [2.24, 2.45) is 5.16 Å². The number of ether oxygens (including phenoxy) is 2. The van der Waals surface area contributed by atoms with Crippen LogP contribution >= 0.6 is 0 Å². The number of fused-ring (bicyclic) bond motifs is 1. The van der Waals surface area contributed by atoms with Crippen LogP contribution in [0.1, 0.15) is 42.1 Å². The average molecular weight is 403 g/mol. The maximum atomic E-state index is 12.6. The van der Waals surface area contributed by atoms with Crippen LogP contribution in [-0.2, 0) is 25.5 Å². The fourth-order valence-corrected chi connectivity index (χ4v) is 2.70. The number of phenols is 2. The molecule has 1 atom stereocenters. The molecule has 1 unspecified atom stereocenters. The van der Waals surface area contributed by atoms with Crippen LogP contribution in [-0.4, -0.2) is 47.7 Å². The van der Waals surface area contributed by atoms with Gasteiger partial charge < -0.3 is 24.5 Å². The van der Waals surface area contributed by atoms with Crippen LogP contribution in [0.2, 0.25) is 0 Å². The summed E-state index contributed by atoms with van der Waals surface area (Å²) in [5.41, 5.74) is 0.657. The Labute approximate surface area is 169 Å². The zero-order valence-corrected chi connectivity index (χ0v) is 16.5. The highest BCUT2D eigenvalue weighted by Crippen LogP contribution is 2.29. The van der Waals surface area contributed by atoms with Gasteiger partial charge in [-0.3, -0.25) is 0 Å². The predicted octanol–water partition coefficient (Wildman–Crippen LogP) is 3.03. The van der Waals surface area contributed by atoms with Crippen molar-refractivity contribution in [3.05, 3.63) is 47.6 Å². The van der Waals surface area contributed by atoms with Gasteiger partial charge in [0.25, 0.3) is 0 Å². The number of phenolic OH excluding ortho intramolecular Hbond substituents is 2. The van der Waals surface area contributed by atoms with Gasteiger partial charge in [0, 0.05) is 18.9 Å². The molecule has 2 rings (SSSR count). The minimum Gasteiger partial charge on any atom is -0.508 e. The molecule has 0 spiro atoms. The number of methoxy groups -OCH3 is 1. The van der Waals surface area contributed by atoms with Crippen molar-refractivity contribution < 1.29 is 34.1 Å². The van der Waals surface area contributed by atoms with Gasteiger partial charge in [0.15, 0.2) is 0 Å². The monoisotopic (exact) mass is 403 g/mol. The van der Waals surface area contributed by atoms with Gasteiger partial charge in [0.1, 0.15) is 23.2 Å². The highest BCUT2D eigenvalue weighted by molar-refractivity contribution is 6.00. The average Bonchev–Trinajstić information content (AvgIpc) is 2.65. The van der Waals surface area contributed by atoms with Gasteiger partial charge in [0.05, 0.1) is 12.8 Å². The Hall–Kier alpha value is -3.29. The van der Waals surface area contributed by atoms with Crippen LogP contribution < -0.4 is 0 Å². The molecule has 156 valence electrons. The Bertz CT molecular complexity index is 827. The van der Waals surface area contributed by atoms with Crippen LogP contribution in [0.3, 0.4) is 0 Å². The molecule has 1 aliphatic rings. The molecule has 0 radical (unpaired) electrons. The van der Waals surface area contributed by atoms with E-state index in [9.17, 15) is 19.8 Å². The summed E-state index contributed by atoms with van der Waals surface area (Å²) in [6, 6.07) is 2.44. The lowest BCUT2D eigenvalue weighted by molar-refractivity contribution is -0.145. The van der Waals surface area contributed by atoms with Crippen LogP contribution in [0.15, 0.2) is 41.6 Å². The second-order valence-corrected chi connectivity index (χ2v) is 6.51. The molecule has 0 saturated heterocycles. The standard InChI is InChI=1S/C21H25NO7/c1-14-8-6-4-3-5-7-9-16(22-28-13-19(25)27-2)10-15-11-17(23)12-18(24)20(15)21(26)29-14/h4,6-7,9,11-12,14,23-24H,3,5,8,10,13H2,1-2H3. The quantitative estimate of drug-likeness (QED) is 0.453. The number of cyclic esters (lactones) is 1. The van der Waals surface area contributed by atoms with Gasteiger partial charge in [-0.1, -0.05) is 23.4 Å². The molecule has 0 aromatic heterocycles. The molecule has 0 saturated carbocycles. The summed E-state index contributed by atoms with van der Waals surface area (Å²) >= 11 is 0. The fraction of sp³-hybridized carbons (Fsp3) is 0.381. The molecular formula is C21H25NO7. The molecule has 1 aliphatic heterocycles. The van der Waals surface area contributed by atoms with Crippen molar-refractivity contribution in [1.29, 1.82) is 0 Å². The van der Waals surface area contributed by atoms with Gasteiger partial charge in [-0.05, 0) is 37.5 Å². The number of rotatable bonds is 3. The maximum Gasteiger partial charge on any atom is 0.346 e. The summed E-state index contributed by atoms with van der Waals surface area (Å²) < 4.78 is 9.93. The Kier molecular flexibility index (Phi) is 8.27. The van der Waals surface area contributed by atoms with E-state index in [4.69, 9.17) is 9.57 Å². The lowest BCUT2D eigenvalue weighted by Crippen LogP contribution is -2.17. The van der Waals surface area contributed by atoms with E-state index in [0.717, 1.165) is 18.9 Å². The third kappa shape index (κ3) is 6.99. The van der Waals surface area contributed by atoms with Crippen LogP contribution in [0.5, 0.6) is 11.5 Å². The first-order chi connectivity index (χ1) is 13.9. The number of allylic oxidation sites excluding steroid dienone is 3. The first-order valence-electron chi connectivity index (χ1n) is 9.23. The third-order valence-electron chi connectivity index (χ3n) is 4.10. The molecule has 29 heavy (non-hydrogen) atoms. The SMILES string of the molecule is COC(=O)CON=C1C=CCCC=CCC(C)OC(=O)c2c(O)cc(O)cc2C1. The van der Waals surface area contributed by atoms with Crippen molar-refractivity contribution in [3.63, 3.8) is 0 Å². The van der Waals surface area contributed by atoms with E-state index in [1.54, 1.807) is 13.0 Å². The fourth-order valence-electron chi connectivity index (χ4n) is 2.70. The van der Waals surface area contributed by atoms with Crippen molar-refractivity contribution >= 4 is 17.7 Å². The van der Waals surface area contributed by atoms with E-state index in [1.807, 2.05) is 18.2 Å². The van der Waals surface area contributed by atoms with Gasteiger partial charge in [0.2, 0.25) is 6.61 Å². The summed E-state index contributed by atoms with van der Waals surface area (Å²) in [4.78, 5) is 28.9. The largest absolute Gasteiger partial charge is 0.508 e. The summed E-state index contributed by atoms with van der Waals surface area (Å²) in [5, 5.41) is 24.0. The van der Waals surface area contributed by atoms with Crippen molar-refractivity contribution in [2.45, 2.75) is 38.7 Å². The zero-order chi connectivity index (χ0) is 21.2. The minimum atomic E-state index is -0.700. The third-order valence-corrected chi connectivity index (χ3v) is 4.10. The van der Waals surface area contributed by atoms with E-state index in [0.29, 0.717) is 17.7 Å². The van der Waals surface area contributed by atoms with Gasteiger partial charge in [-0.2, -0.15) is 0 Å². The number of benzene rings is 1. The van der Waals surface area contributed by atoms with Crippen LogP contribution in [0.25, 0.3) is 0 Å². The molecule has 0 fully saturated rings.